The summed E-state index contributed by atoms with van der Waals surface area (Å²) < 4.78 is 1.05. The monoisotopic (exact) mass is 286 g/mol. The van der Waals surface area contributed by atoms with Crippen LogP contribution in [0.5, 0.6) is 0 Å². The number of halogens is 1. The van der Waals surface area contributed by atoms with Crippen LogP contribution in [0.3, 0.4) is 0 Å². The van der Waals surface area contributed by atoms with E-state index in [-0.39, 0.29) is 6.04 Å². The van der Waals surface area contributed by atoms with Crippen LogP contribution >= 0.6 is 15.9 Å². The van der Waals surface area contributed by atoms with E-state index in [1.165, 1.54) is 0 Å². The van der Waals surface area contributed by atoms with E-state index in [4.69, 9.17) is 5.73 Å². The molecule has 1 aromatic carbocycles. The summed E-state index contributed by atoms with van der Waals surface area (Å²) >= 11 is 3.43. The van der Waals surface area contributed by atoms with Gasteiger partial charge < -0.3 is 16.2 Å². The summed E-state index contributed by atoms with van der Waals surface area (Å²) in [5.74, 6) is 0. The van der Waals surface area contributed by atoms with E-state index < -0.39 is 6.10 Å². The zero-order chi connectivity index (χ0) is 12.1. The van der Waals surface area contributed by atoms with Gasteiger partial charge in [-0.3, -0.25) is 0 Å². The molecular weight excluding hydrogens is 268 g/mol. The Morgan fingerprint density at radius 1 is 1.50 bits per heavy atom. The summed E-state index contributed by atoms with van der Waals surface area (Å²) in [6, 6.07) is 5.58. The van der Waals surface area contributed by atoms with Crippen LogP contribution in [0.4, 0.5) is 0 Å². The third-order valence-electron chi connectivity index (χ3n) is 2.66. The molecule has 0 fully saturated rings. The lowest BCUT2D eigenvalue weighted by Crippen LogP contribution is -2.31. The number of aliphatic hydroxyl groups excluding tert-OH is 1. The van der Waals surface area contributed by atoms with E-state index in [0.29, 0.717) is 0 Å². The SMILES string of the molecule is CNCCC(N)C(O)c1ccc(Br)c(C)c1. The van der Waals surface area contributed by atoms with Gasteiger partial charge in [-0.25, -0.2) is 0 Å². The minimum atomic E-state index is -0.597. The van der Waals surface area contributed by atoms with E-state index in [1.54, 1.807) is 0 Å². The highest BCUT2D eigenvalue weighted by Crippen LogP contribution is 2.23. The normalized spacial score (nSPS) is 14.8. The van der Waals surface area contributed by atoms with Crippen LogP contribution < -0.4 is 11.1 Å². The first-order valence-electron chi connectivity index (χ1n) is 5.40. The van der Waals surface area contributed by atoms with Crippen molar-refractivity contribution in [2.45, 2.75) is 25.5 Å². The Hall–Kier alpha value is -0.420. The summed E-state index contributed by atoms with van der Waals surface area (Å²) in [5, 5.41) is 13.1. The van der Waals surface area contributed by atoms with E-state index in [0.717, 1.165) is 28.6 Å². The Labute approximate surface area is 105 Å². The number of aliphatic hydroxyl groups is 1. The van der Waals surface area contributed by atoms with Crippen LogP contribution in [0, 0.1) is 6.92 Å². The fourth-order valence-electron chi connectivity index (χ4n) is 1.57. The van der Waals surface area contributed by atoms with Crippen LogP contribution in [0.15, 0.2) is 22.7 Å². The first-order chi connectivity index (χ1) is 7.56. The second-order valence-electron chi connectivity index (χ2n) is 4.01. The number of hydrogen-bond donors (Lipinski definition) is 3. The molecule has 1 aromatic rings. The Bertz CT molecular complexity index is 344. The molecule has 0 bridgehead atoms. The lowest BCUT2D eigenvalue weighted by atomic mass is 9.99. The number of benzene rings is 1. The van der Waals surface area contributed by atoms with E-state index in [1.807, 2.05) is 32.2 Å². The van der Waals surface area contributed by atoms with Gasteiger partial charge in [0.1, 0.15) is 0 Å². The molecule has 0 spiro atoms. The number of nitrogens with one attached hydrogen (secondary N) is 1. The number of hydrogen-bond acceptors (Lipinski definition) is 3. The minimum Gasteiger partial charge on any atom is -0.387 e. The molecule has 16 heavy (non-hydrogen) atoms. The molecule has 0 radical (unpaired) electrons. The molecule has 0 aliphatic heterocycles. The van der Waals surface area contributed by atoms with Crippen molar-refractivity contribution in [3.63, 3.8) is 0 Å². The zero-order valence-electron chi connectivity index (χ0n) is 9.70. The van der Waals surface area contributed by atoms with Crippen LogP contribution in [0.2, 0.25) is 0 Å². The lowest BCUT2D eigenvalue weighted by molar-refractivity contribution is 0.142. The standard InChI is InChI=1S/C12H19BrN2O/c1-8-7-9(3-4-10(8)13)12(16)11(14)5-6-15-2/h3-4,7,11-12,15-16H,5-6,14H2,1-2H3. The summed E-state index contributed by atoms with van der Waals surface area (Å²) in [6.45, 7) is 2.81. The summed E-state index contributed by atoms with van der Waals surface area (Å²) in [5.41, 5.74) is 7.91. The van der Waals surface area contributed by atoms with Crippen molar-refractivity contribution in [2.75, 3.05) is 13.6 Å². The Morgan fingerprint density at radius 3 is 2.75 bits per heavy atom. The first-order valence-corrected chi connectivity index (χ1v) is 6.20. The third kappa shape index (κ3) is 3.56. The first kappa shape index (κ1) is 13.6. The summed E-state index contributed by atoms with van der Waals surface area (Å²) in [7, 11) is 1.88. The fourth-order valence-corrected chi connectivity index (χ4v) is 1.81. The molecule has 0 aromatic heterocycles. The Kier molecular flexibility index (Phi) is 5.41. The van der Waals surface area contributed by atoms with Crippen LogP contribution in [0.1, 0.15) is 23.7 Å². The molecule has 4 N–H and O–H groups in total. The van der Waals surface area contributed by atoms with Crippen molar-refractivity contribution in [2.24, 2.45) is 5.73 Å². The maximum Gasteiger partial charge on any atom is 0.0941 e. The third-order valence-corrected chi connectivity index (χ3v) is 3.55. The van der Waals surface area contributed by atoms with Gasteiger partial charge in [-0.1, -0.05) is 28.1 Å². The van der Waals surface area contributed by atoms with E-state index in [9.17, 15) is 5.11 Å². The highest BCUT2D eigenvalue weighted by Gasteiger charge is 2.16. The molecule has 90 valence electrons. The molecule has 2 unspecified atom stereocenters. The van der Waals surface area contributed by atoms with Crippen molar-refractivity contribution in [3.05, 3.63) is 33.8 Å². The van der Waals surface area contributed by atoms with Crippen LogP contribution in [-0.2, 0) is 0 Å². The molecule has 0 saturated carbocycles. The maximum absolute atomic E-state index is 10.1. The summed E-state index contributed by atoms with van der Waals surface area (Å²) in [6.07, 6.45) is 0.160. The Balaban J connectivity index is 2.71. The molecule has 2 atom stereocenters. The Morgan fingerprint density at radius 2 is 2.19 bits per heavy atom. The van der Waals surface area contributed by atoms with Gasteiger partial charge in [0.25, 0.3) is 0 Å². The lowest BCUT2D eigenvalue weighted by Gasteiger charge is -2.19. The molecule has 0 saturated heterocycles. The van der Waals surface area contributed by atoms with E-state index >= 15 is 0 Å². The fraction of sp³-hybridized carbons (Fsp3) is 0.500. The number of aryl methyl sites for hydroxylation is 1. The maximum atomic E-state index is 10.1. The largest absolute Gasteiger partial charge is 0.387 e. The van der Waals surface area contributed by atoms with Gasteiger partial charge in [-0.05, 0) is 44.1 Å². The second kappa shape index (κ2) is 6.35. The second-order valence-corrected chi connectivity index (χ2v) is 4.86. The van der Waals surface area contributed by atoms with Crippen molar-refractivity contribution < 1.29 is 5.11 Å². The smallest absolute Gasteiger partial charge is 0.0941 e. The van der Waals surface area contributed by atoms with Gasteiger partial charge >= 0.3 is 0 Å². The van der Waals surface area contributed by atoms with Gasteiger partial charge in [0.15, 0.2) is 0 Å². The van der Waals surface area contributed by atoms with Crippen LogP contribution in [-0.4, -0.2) is 24.7 Å². The van der Waals surface area contributed by atoms with Crippen molar-refractivity contribution >= 4 is 15.9 Å². The van der Waals surface area contributed by atoms with Gasteiger partial charge in [0, 0.05) is 10.5 Å². The van der Waals surface area contributed by atoms with Gasteiger partial charge in [-0.2, -0.15) is 0 Å². The van der Waals surface area contributed by atoms with Gasteiger partial charge in [0.05, 0.1) is 6.10 Å². The predicted octanol–water partition coefficient (Wildman–Crippen LogP) is 1.73. The van der Waals surface area contributed by atoms with Gasteiger partial charge in [-0.15, -0.1) is 0 Å². The number of rotatable bonds is 5. The molecule has 1 rings (SSSR count). The molecule has 4 heteroatoms. The van der Waals surface area contributed by atoms with Crippen molar-refractivity contribution in [1.82, 2.24) is 5.32 Å². The predicted molar refractivity (Wildman–Crippen MR) is 70.4 cm³/mol. The average molecular weight is 287 g/mol. The molecule has 3 nitrogen and oxygen atoms in total. The van der Waals surface area contributed by atoms with Gasteiger partial charge in [0.2, 0.25) is 0 Å². The highest BCUT2D eigenvalue weighted by atomic mass is 79.9. The molecular formula is C12H19BrN2O. The number of nitrogens with two attached hydrogens (primary N) is 1. The van der Waals surface area contributed by atoms with E-state index in [2.05, 4.69) is 21.2 Å². The minimum absolute atomic E-state index is 0.229. The molecule has 0 aliphatic rings. The molecule has 0 heterocycles. The van der Waals surface area contributed by atoms with Crippen LogP contribution in [0.25, 0.3) is 0 Å². The highest BCUT2D eigenvalue weighted by molar-refractivity contribution is 9.10. The molecule has 0 aliphatic carbocycles. The average Bonchev–Trinajstić information content (AvgIpc) is 2.28. The summed E-state index contributed by atoms with van der Waals surface area (Å²) in [4.78, 5) is 0. The molecule has 0 amide bonds. The topological polar surface area (TPSA) is 58.3 Å². The zero-order valence-corrected chi connectivity index (χ0v) is 11.3. The quantitative estimate of drug-likeness (QED) is 0.773. The van der Waals surface area contributed by atoms with Crippen molar-refractivity contribution in [3.8, 4) is 0 Å². The van der Waals surface area contributed by atoms with Crippen molar-refractivity contribution in [1.29, 1.82) is 0 Å².